The van der Waals surface area contributed by atoms with Gasteiger partial charge in [0, 0.05) is 10.7 Å². The summed E-state index contributed by atoms with van der Waals surface area (Å²) in [6, 6.07) is 18.1. The fourth-order valence-corrected chi connectivity index (χ4v) is 5.05. The summed E-state index contributed by atoms with van der Waals surface area (Å²) >= 11 is 6.02. The van der Waals surface area contributed by atoms with Crippen LogP contribution in [-0.4, -0.2) is 27.5 Å². The van der Waals surface area contributed by atoms with Crippen LogP contribution in [0, 0.1) is 13.8 Å². The quantitative estimate of drug-likeness (QED) is 0.505. The van der Waals surface area contributed by atoms with Crippen molar-refractivity contribution in [3.63, 3.8) is 0 Å². The van der Waals surface area contributed by atoms with E-state index in [2.05, 4.69) is 10.0 Å². The molecule has 2 N–H and O–H groups in total. The Bertz CT molecular complexity index is 1190. The van der Waals surface area contributed by atoms with Crippen molar-refractivity contribution < 1.29 is 17.9 Å². The Balaban J connectivity index is 1.93. The van der Waals surface area contributed by atoms with Crippen LogP contribution in [0.2, 0.25) is 5.02 Å². The lowest BCUT2D eigenvalue weighted by molar-refractivity contribution is -0.117. The maximum Gasteiger partial charge on any atom is 0.245 e. The number of hydrogen-bond acceptors (Lipinski definition) is 4. The number of amides is 1. The monoisotopic (exact) mass is 472 g/mol. The number of methoxy groups -OCH3 is 1. The first-order chi connectivity index (χ1) is 15.2. The second-order valence-electron chi connectivity index (χ2n) is 7.52. The van der Waals surface area contributed by atoms with E-state index in [0.717, 1.165) is 16.7 Å². The van der Waals surface area contributed by atoms with Gasteiger partial charge < -0.3 is 10.1 Å². The Kier molecular flexibility index (Phi) is 7.56. The minimum Gasteiger partial charge on any atom is -0.495 e. The summed E-state index contributed by atoms with van der Waals surface area (Å²) in [6.07, 6.45) is 0.166. The number of hydrogen-bond donors (Lipinski definition) is 2. The van der Waals surface area contributed by atoms with Gasteiger partial charge in [0.05, 0.1) is 7.11 Å². The van der Waals surface area contributed by atoms with Crippen molar-refractivity contribution in [2.45, 2.75) is 31.2 Å². The van der Waals surface area contributed by atoms with E-state index in [-0.39, 0.29) is 22.1 Å². The lowest BCUT2D eigenvalue weighted by Gasteiger charge is -2.20. The number of rotatable bonds is 8. The van der Waals surface area contributed by atoms with E-state index in [1.165, 1.54) is 25.3 Å². The summed E-state index contributed by atoms with van der Waals surface area (Å²) < 4.78 is 34.1. The van der Waals surface area contributed by atoms with Crippen molar-refractivity contribution in [3.05, 3.63) is 88.4 Å². The van der Waals surface area contributed by atoms with Gasteiger partial charge >= 0.3 is 0 Å². The van der Waals surface area contributed by atoms with Gasteiger partial charge in [-0.05, 0) is 67.3 Å². The number of halogens is 1. The summed E-state index contributed by atoms with van der Waals surface area (Å²) in [5, 5.41) is 3.08. The maximum atomic E-state index is 13.2. The fourth-order valence-electron chi connectivity index (χ4n) is 3.43. The molecule has 1 amide bonds. The van der Waals surface area contributed by atoms with Crippen LogP contribution in [0.4, 0.5) is 5.69 Å². The molecule has 6 nitrogen and oxygen atoms in total. The van der Waals surface area contributed by atoms with Crippen molar-refractivity contribution >= 4 is 33.2 Å². The molecule has 0 aliphatic heterocycles. The van der Waals surface area contributed by atoms with Crippen molar-refractivity contribution in [2.75, 3.05) is 12.4 Å². The van der Waals surface area contributed by atoms with Crippen LogP contribution in [0.15, 0.2) is 71.6 Å². The van der Waals surface area contributed by atoms with Gasteiger partial charge in [-0.3, -0.25) is 4.79 Å². The first-order valence-corrected chi connectivity index (χ1v) is 11.8. The molecule has 1 atom stereocenters. The topological polar surface area (TPSA) is 84.5 Å². The lowest BCUT2D eigenvalue weighted by atomic mass is 10.1. The van der Waals surface area contributed by atoms with Crippen molar-refractivity contribution in [1.29, 1.82) is 0 Å². The summed E-state index contributed by atoms with van der Waals surface area (Å²) in [6.45, 7) is 3.86. The smallest absolute Gasteiger partial charge is 0.245 e. The van der Waals surface area contributed by atoms with E-state index < -0.39 is 22.0 Å². The van der Waals surface area contributed by atoms with Crippen molar-refractivity contribution in [2.24, 2.45) is 0 Å². The van der Waals surface area contributed by atoms with E-state index in [0.29, 0.717) is 5.69 Å². The van der Waals surface area contributed by atoms with Gasteiger partial charge in [-0.15, -0.1) is 0 Å². The molecule has 8 heteroatoms. The second-order valence-corrected chi connectivity index (χ2v) is 9.64. The molecular weight excluding hydrogens is 448 g/mol. The molecule has 32 heavy (non-hydrogen) atoms. The number of sulfonamides is 1. The van der Waals surface area contributed by atoms with Crippen molar-refractivity contribution in [1.82, 2.24) is 4.72 Å². The first-order valence-electron chi connectivity index (χ1n) is 9.97. The zero-order valence-electron chi connectivity index (χ0n) is 18.1. The van der Waals surface area contributed by atoms with E-state index in [4.69, 9.17) is 16.3 Å². The molecular formula is C24H25ClN2O4S. The van der Waals surface area contributed by atoms with E-state index in [9.17, 15) is 13.2 Å². The normalized spacial score (nSPS) is 12.2. The molecule has 0 fully saturated rings. The zero-order valence-corrected chi connectivity index (χ0v) is 19.6. The van der Waals surface area contributed by atoms with Gasteiger partial charge in [-0.25, -0.2) is 8.42 Å². The second kappa shape index (κ2) is 10.2. The molecule has 0 unspecified atom stereocenters. The largest absolute Gasteiger partial charge is 0.495 e. The predicted octanol–water partition coefficient (Wildman–Crippen LogP) is 4.49. The number of benzene rings is 3. The number of nitrogens with one attached hydrogen (secondary N) is 2. The maximum absolute atomic E-state index is 13.2. The highest BCUT2D eigenvalue weighted by atomic mass is 35.5. The van der Waals surface area contributed by atoms with Gasteiger partial charge in [0.15, 0.2) is 0 Å². The Hall–Kier alpha value is -2.87. The molecule has 0 aliphatic carbocycles. The van der Waals surface area contributed by atoms with Crippen LogP contribution in [0.1, 0.15) is 16.7 Å². The number of ether oxygens (including phenoxy) is 1. The molecule has 168 valence electrons. The third-order valence-corrected chi connectivity index (χ3v) is 6.53. The van der Waals surface area contributed by atoms with Gasteiger partial charge in [0.2, 0.25) is 15.9 Å². The minimum atomic E-state index is -4.12. The Labute approximate surface area is 193 Å². The first kappa shape index (κ1) is 23.8. The SMILES string of the molecule is COc1ccc(Cl)cc1S(=O)(=O)N[C@H](Cc1ccccc1)C(=O)Nc1cc(C)cc(C)c1. The summed E-state index contributed by atoms with van der Waals surface area (Å²) in [7, 11) is -2.75. The molecule has 0 saturated carbocycles. The number of carbonyl (C=O) groups is 1. The zero-order chi connectivity index (χ0) is 23.3. The Morgan fingerprint density at radius 2 is 1.66 bits per heavy atom. The van der Waals surface area contributed by atoms with Gasteiger partial charge in [-0.2, -0.15) is 4.72 Å². The Morgan fingerprint density at radius 1 is 1.00 bits per heavy atom. The van der Waals surface area contributed by atoms with Crippen LogP contribution in [0.25, 0.3) is 0 Å². The number of carbonyl (C=O) groups excluding carboxylic acids is 1. The highest BCUT2D eigenvalue weighted by molar-refractivity contribution is 7.89. The van der Waals surface area contributed by atoms with Crippen LogP contribution < -0.4 is 14.8 Å². The molecule has 3 aromatic rings. The molecule has 0 heterocycles. The van der Waals surface area contributed by atoms with Gasteiger partial charge in [0.1, 0.15) is 16.7 Å². The van der Waals surface area contributed by atoms with E-state index in [1.54, 1.807) is 0 Å². The minimum absolute atomic E-state index is 0.134. The predicted molar refractivity (Wildman–Crippen MR) is 127 cm³/mol. The summed E-state index contributed by atoms with van der Waals surface area (Å²) in [4.78, 5) is 13.0. The van der Waals surface area contributed by atoms with Crippen LogP contribution in [0.5, 0.6) is 5.75 Å². The van der Waals surface area contributed by atoms with Crippen LogP contribution >= 0.6 is 11.6 Å². The highest BCUT2D eigenvalue weighted by Gasteiger charge is 2.28. The molecule has 0 radical (unpaired) electrons. The van der Waals surface area contributed by atoms with Gasteiger partial charge in [0.25, 0.3) is 0 Å². The lowest BCUT2D eigenvalue weighted by Crippen LogP contribution is -2.45. The van der Waals surface area contributed by atoms with E-state index >= 15 is 0 Å². The molecule has 0 aliphatic rings. The molecule has 3 rings (SSSR count). The van der Waals surface area contributed by atoms with Crippen LogP contribution in [-0.2, 0) is 21.2 Å². The molecule has 3 aromatic carbocycles. The Morgan fingerprint density at radius 3 is 2.28 bits per heavy atom. The third-order valence-electron chi connectivity index (χ3n) is 4.80. The molecule has 0 aromatic heterocycles. The third kappa shape index (κ3) is 6.09. The van der Waals surface area contributed by atoms with E-state index in [1.807, 2.05) is 62.4 Å². The molecule has 0 bridgehead atoms. The average molecular weight is 473 g/mol. The van der Waals surface area contributed by atoms with Crippen LogP contribution in [0.3, 0.4) is 0 Å². The van der Waals surface area contributed by atoms with Crippen molar-refractivity contribution in [3.8, 4) is 5.75 Å². The fraction of sp³-hybridized carbons (Fsp3) is 0.208. The molecule has 0 spiro atoms. The highest BCUT2D eigenvalue weighted by Crippen LogP contribution is 2.27. The summed E-state index contributed by atoms with van der Waals surface area (Å²) in [5.74, 6) is -0.335. The number of aryl methyl sites for hydroxylation is 2. The molecule has 0 saturated heterocycles. The van der Waals surface area contributed by atoms with Gasteiger partial charge in [-0.1, -0.05) is 48.0 Å². The number of anilines is 1. The average Bonchev–Trinajstić information content (AvgIpc) is 2.73. The standard InChI is InChI=1S/C24H25ClN2O4S/c1-16-11-17(2)13-20(12-16)26-24(28)21(14-18-7-5-4-6-8-18)27-32(29,30)23-15-19(25)9-10-22(23)31-3/h4-13,15,21,27H,14H2,1-3H3,(H,26,28)/t21-/m1/s1. The summed E-state index contributed by atoms with van der Waals surface area (Å²) in [5.41, 5.74) is 3.40.